The largest absolute Gasteiger partial charge is 0.382 e. The maximum absolute atomic E-state index is 12.3. The SMILES string of the molecule is CC(C)(NS(=O)(=O)c1cnc(N)c(Cl)c1)c1nccs1. The first-order valence-electron chi connectivity index (χ1n) is 5.57. The molecule has 9 heteroatoms. The highest BCUT2D eigenvalue weighted by atomic mass is 35.5. The normalized spacial score (nSPS) is 12.6. The molecule has 2 heterocycles. The molecule has 0 amide bonds. The summed E-state index contributed by atoms with van der Waals surface area (Å²) >= 11 is 7.17. The number of thiazole rings is 1. The van der Waals surface area contributed by atoms with E-state index < -0.39 is 15.6 Å². The Balaban J connectivity index is 2.34. The van der Waals surface area contributed by atoms with Crippen molar-refractivity contribution in [2.24, 2.45) is 0 Å². The molecule has 0 aliphatic carbocycles. The molecular formula is C11H13ClN4O2S2. The Kier molecular flexibility index (Phi) is 4.01. The molecule has 0 aliphatic heterocycles. The second-order valence-corrected chi connectivity index (χ2v) is 7.59. The quantitative estimate of drug-likeness (QED) is 0.892. The molecule has 2 rings (SSSR count). The van der Waals surface area contributed by atoms with Crippen molar-refractivity contribution in [3.63, 3.8) is 0 Å². The minimum absolute atomic E-state index is 0.0404. The summed E-state index contributed by atoms with van der Waals surface area (Å²) in [6.07, 6.45) is 2.79. The Bertz CT molecular complexity index is 714. The van der Waals surface area contributed by atoms with E-state index in [-0.39, 0.29) is 15.7 Å². The molecule has 0 fully saturated rings. The smallest absolute Gasteiger partial charge is 0.243 e. The maximum Gasteiger partial charge on any atom is 0.243 e. The molecule has 108 valence electrons. The molecule has 0 bridgehead atoms. The van der Waals surface area contributed by atoms with Crippen molar-refractivity contribution in [2.45, 2.75) is 24.3 Å². The van der Waals surface area contributed by atoms with Crippen molar-refractivity contribution in [1.82, 2.24) is 14.7 Å². The van der Waals surface area contributed by atoms with Crippen molar-refractivity contribution < 1.29 is 8.42 Å². The maximum atomic E-state index is 12.3. The summed E-state index contributed by atoms with van der Waals surface area (Å²) in [4.78, 5) is 7.84. The van der Waals surface area contributed by atoms with Crippen molar-refractivity contribution >= 4 is 38.8 Å². The van der Waals surface area contributed by atoms with Crippen LogP contribution in [0.4, 0.5) is 5.82 Å². The van der Waals surface area contributed by atoms with Gasteiger partial charge in [0, 0.05) is 17.8 Å². The number of hydrogen-bond acceptors (Lipinski definition) is 6. The van der Waals surface area contributed by atoms with Crippen LogP contribution in [0.15, 0.2) is 28.7 Å². The van der Waals surface area contributed by atoms with Gasteiger partial charge in [0.05, 0.1) is 10.6 Å². The highest BCUT2D eigenvalue weighted by Crippen LogP contribution is 2.26. The monoisotopic (exact) mass is 332 g/mol. The summed E-state index contributed by atoms with van der Waals surface area (Å²) < 4.78 is 27.2. The number of nitrogens with one attached hydrogen (secondary N) is 1. The number of rotatable bonds is 4. The summed E-state index contributed by atoms with van der Waals surface area (Å²) in [6, 6.07) is 1.27. The van der Waals surface area contributed by atoms with Gasteiger partial charge in [-0.05, 0) is 19.9 Å². The fourth-order valence-corrected chi connectivity index (χ4v) is 3.91. The summed E-state index contributed by atoms with van der Waals surface area (Å²) in [6.45, 7) is 3.46. The molecule has 6 nitrogen and oxygen atoms in total. The van der Waals surface area contributed by atoms with Crippen LogP contribution < -0.4 is 10.5 Å². The van der Waals surface area contributed by atoms with Crippen molar-refractivity contribution in [3.05, 3.63) is 33.9 Å². The van der Waals surface area contributed by atoms with Crippen LogP contribution in [-0.4, -0.2) is 18.4 Å². The number of nitrogen functional groups attached to an aromatic ring is 1. The Hall–Kier alpha value is -1.22. The number of nitrogens with two attached hydrogens (primary N) is 1. The van der Waals surface area contributed by atoms with E-state index in [2.05, 4.69) is 14.7 Å². The van der Waals surface area contributed by atoms with E-state index in [9.17, 15) is 8.42 Å². The molecule has 0 radical (unpaired) electrons. The molecule has 20 heavy (non-hydrogen) atoms. The summed E-state index contributed by atoms with van der Waals surface area (Å²) in [5.74, 6) is 0.0878. The number of halogens is 1. The van der Waals surface area contributed by atoms with Gasteiger partial charge in [-0.3, -0.25) is 0 Å². The van der Waals surface area contributed by atoms with E-state index in [4.69, 9.17) is 17.3 Å². The van der Waals surface area contributed by atoms with Crippen molar-refractivity contribution in [1.29, 1.82) is 0 Å². The second kappa shape index (κ2) is 5.28. The van der Waals surface area contributed by atoms with Crippen LogP contribution in [0.2, 0.25) is 5.02 Å². The van der Waals surface area contributed by atoms with Crippen molar-refractivity contribution in [2.75, 3.05) is 5.73 Å². The van der Waals surface area contributed by atoms with Gasteiger partial charge in [-0.2, -0.15) is 4.72 Å². The molecule has 0 spiro atoms. The molecule has 2 aromatic heterocycles. The number of anilines is 1. The lowest BCUT2D eigenvalue weighted by molar-refractivity contribution is 0.469. The van der Waals surface area contributed by atoms with E-state index in [0.29, 0.717) is 5.01 Å². The van der Waals surface area contributed by atoms with Crippen molar-refractivity contribution in [3.8, 4) is 0 Å². The number of aromatic nitrogens is 2. The van der Waals surface area contributed by atoms with E-state index in [0.717, 1.165) is 0 Å². The van der Waals surface area contributed by atoms with Crippen LogP contribution in [0, 0.1) is 0 Å². The first-order chi connectivity index (χ1) is 9.22. The lowest BCUT2D eigenvalue weighted by Gasteiger charge is -2.23. The number of pyridine rings is 1. The molecule has 0 saturated carbocycles. The standard InChI is InChI=1S/C11H13ClN4O2S2/c1-11(2,10-14-3-4-19-10)16-20(17,18)7-5-8(12)9(13)15-6-7/h3-6,16H,1-2H3,(H2,13,15). The zero-order chi connectivity index (χ0) is 15.0. The molecule has 0 unspecified atom stereocenters. The van der Waals surface area contributed by atoms with Crippen LogP contribution in [-0.2, 0) is 15.6 Å². The highest BCUT2D eigenvalue weighted by Gasteiger charge is 2.30. The van der Waals surface area contributed by atoms with Gasteiger partial charge in [0.1, 0.15) is 15.7 Å². The first-order valence-corrected chi connectivity index (χ1v) is 8.31. The van der Waals surface area contributed by atoms with Gasteiger partial charge in [-0.25, -0.2) is 18.4 Å². The Labute approximate surface area is 126 Å². The predicted molar refractivity (Wildman–Crippen MR) is 79.1 cm³/mol. The van der Waals surface area contributed by atoms with Gasteiger partial charge in [-0.15, -0.1) is 11.3 Å². The van der Waals surface area contributed by atoms with E-state index in [1.54, 1.807) is 25.4 Å². The highest BCUT2D eigenvalue weighted by molar-refractivity contribution is 7.89. The number of sulfonamides is 1. The van der Waals surface area contributed by atoms with Crippen LogP contribution in [0.3, 0.4) is 0 Å². The Morgan fingerprint density at radius 3 is 2.65 bits per heavy atom. The third-order valence-electron chi connectivity index (χ3n) is 2.51. The Morgan fingerprint density at radius 1 is 1.40 bits per heavy atom. The second-order valence-electron chi connectivity index (χ2n) is 4.61. The minimum atomic E-state index is -3.77. The predicted octanol–water partition coefficient (Wildman–Crippen LogP) is 1.99. The zero-order valence-corrected chi connectivity index (χ0v) is 13.2. The number of nitrogens with zero attached hydrogens (tertiary/aromatic N) is 2. The van der Waals surface area contributed by atoms with E-state index in [1.165, 1.54) is 23.6 Å². The lowest BCUT2D eigenvalue weighted by atomic mass is 10.1. The van der Waals surface area contributed by atoms with Crippen LogP contribution >= 0.6 is 22.9 Å². The number of hydrogen-bond donors (Lipinski definition) is 2. The van der Waals surface area contributed by atoms with Crippen LogP contribution in [0.5, 0.6) is 0 Å². The molecule has 0 saturated heterocycles. The van der Waals surface area contributed by atoms with Crippen LogP contribution in [0.25, 0.3) is 0 Å². The topological polar surface area (TPSA) is 98.0 Å². The van der Waals surface area contributed by atoms with Gasteiger partial charge >= 0.3 is 0 Å². The van der Waals surface area contributed by atoms with Gasteiger partial charge in [0.25, 0.3) is 0 Å². The first kappa shape index (κ1) is 15.2. The zero-order valence-electron chi connectivity index (χ0n) is 10.8. The average molecular weight is 333 g/mol. The van der Waals surface area contributed by atoms with E-state index in [1.807, 2.05) is 0 Å². The Morgan fingerprint density at radius 2 is 2.10 bits per heavy atom. The fraction of sp³-hybridized carbons (Fsp3) is 0.273. The molecule has 3 N–H and O–H groups in total. The average Bonchev–Trinajstić information content (AvgIpc) is 2.85. The molecular weight excluding hydrogens is 320 g/mol. The molecule has 0 atom stereocenters. The summed E-state index contributed by atoms with van der Waals surface area (Å²) in [5.41, 5.74) is 4.64. The third kappa shape index (κ3) is 3.09. The van der Waals surface area contributed by atoms with Gasteiger partial charge in [-0.1, -0.05) is 11.6 Å². The lowest BCUT2D eigenvalue weighted by Crippen LogP contribution is -2.40. The van der Waals surface area contributed by atoms with Crippen LogP contribution in [0.1, 0.15) is 18.9 Å². The summed E-state index contributed by atoms with van der Waals surface area (Å²) in [5, 5.41) is 2.54. The van der Waals surface area contributed by atoms with Gasteiger partial charge in [0.15, 0.2) is 0 Å². The minimum Gasteiger partial charge on any atom is -0.382 e. The molecule has 2 aromatic rings. The van der Waals surface area contributed by atoms with Gasteiger partial charge < -0.3 is 5.73 Å². The third-order valence-corrected chi connectivity index (χ3v) is 5.53. The molecule has 0 aliphatic rings. The fourth-order valence-electron chi connectivity index (χ4n) is 1.55. The van der Waals surface area contributed by atoms with Gasteiger partial charge in [0.2, 0.25) is 10.0 Å². The van der Waals surface area contributed by atoms with E-state index >= 15 is 0 Å². The molecule has 0 aromatic carbocycles. The summed E-state index contributed by atoms with van der Waals surface area (Å²) in [7, 11) is -3.77.